The van der Waals surface area contributed by atoms with E-state index in [0.29, 0.717) is 5.02 Å². The molecule has 0 aromatic heterocycles. The summed E-state index contributed by atoms with van der Waals surface area (Å²) in [6.07, 6.45) is 2.55. The predicted molar refractivity (Wildman–Crippen MR) is 102 cm³/mol. The van der Waals surface area contributed by atoms with Crippen LogP contribution in [0.4, 0.5) is 0 Å². The lowest BCUT2D eigenvalue weighted by molar-refractivity contribution is -0.140. The number of amides is 2. The summed E-state index contributed by atoms with van der Waals surface area (Å²) >= 11 is 5.87. The second-order valence-corrected chi connectivity index (χ2v) is 8.40. The van der Waals surface area contributed by atoms with Crippen molar-refractivity contribution in [3.8, 4) is 0 Å². The van der Waals surface area contributed by atoms with Crippen molar-refractivity contribution in [2.75, 3.05) is 26.4 Å². The Morgan fingerprint density at radius 3 is 2.38 bits per heavy atom. The number of halogens is 1. The molecule has 7 nitrogen and oxygen atoms in total. The topological polar surface area (TPSA) is 86.8 Å². The van der Waals surface area contributed by atoms with Crippen molar-refractivity contribution in [2.45, 2.75) is 19.5 Å². The van der Waals surface area contributed by atoms with Crippen LogP contribution in [-0.2, 0) is 26.2 Å². The second-order valence-electron chi connectivity index (χ2n) is 5.88. The average molecular weight is 402 g/mol. The molecule has 0 radical (unpaired) electrons. The molecule has 0 bridgehead atoms. The average Bonchev–Trinajstić information content (AvgIpc) is 2.57. The van der Waals surface area contributed by atoms with Crippen LogP contribution in [0.1, 0.15) is 12.5 Å². The molecule has 1 aromatic rings. The van der Waals surface area contributed by atoms with Crippen LogP contribution in [0.3, 0.4) is 0 Å². The Hall–Kier alpha value is -1.90. The van der Waals surface area contributed by atoms with Gasteiger partial charge in [0.05, 0.1) is 12.8 Å². The van der Waals surface area contributed by atoms with Gasteiger partial charge in [0, 0.05) is 25.2 Å². The molecular weight excluding hydrogens is 378 g/mol. The molecule has 9 heteroatoms. The first kappa shape index (κ1) is 22.1. The summed E-state index contributed by atoms with van der Waals surface area (Å²) in [4.78, 5) is 26.3. The summed E-state index contributed by atoms with van der Waals surface area (Å²) in [5.74, 6) is -0.830. The minimum absolute atomic E-state index is 0.149. The summed E-state index contributed by atoms with van der Waals surface area (Å²) in [5, 5.41) is 3.20. The first-order valence-corrected chi connectivity index (χ1v) is 10.1. The second kappa shape index (κ2) is 9.70. The van der Waals surface area contributed by atoms with Gasteiger partial charge in [0.2, 0.25) is 21.8 Å². The fourth-order valence-corrected chi connectivity index (χ4v) is 2.56. The van der Waals surface area contributed by atoms with Gasteiger partial charge in [-0.25, -0.2) is 8.42 Å². The Labute approximate surface area is 159 Å². The van der Waals surface area contributed by atoms with Crippen molar-refractivity contribution in [1.29, 1.82) is 0 Å². The van der Waals surface area contributed by atoms with Gasteiger partial charge in [-0.15, -0.1) is 6.58 Å². The van der Waals surface area contributed by atoms with Crippen LogP contribution in [0.5, 0.6) is 0 Å². The molecule has 0 aliphatic carbocycles. The molecule has 0 aliphatic rings. The van der Waals surface area contributed by atoms with Gasteiger partial charge < -0.3 is 10.2 Å². The van der Waals surface area contributed by atoms with Crippen molar-refractivity contribution in [2.24, 2.45) is 0 Å². The molecule has 144 valence electrons. The Bertz CT molecular complexity index is 750. The molecule has 26 heavy (non-hydrogen) atoms. The highest BCUT2D eigenvalue weighted by molar-refractivity contribution is 7.88. The zero-order valence-corrected chi connectivity index (χ0v) is 16.7. The summed E-state index contributed by atoms with van der Waals surface area (Å²) < 4.78 is 24.1. The minimum atomic E-state index is -3.52. The number of hydrogen-bond donors (Lipinski definition) is 1. The fraction of sp³-hybridized carbons (Fsp3) is 0.412. The van der Waals surface area contributed by atoms with E-state index in [-0.39, 0.29) is 25.5 Å². The minimum Gasteiger partial charge on any atom is -0.351 e. The van der Waals surface area contributed by atoms with Crippen LogP contribution in [0, 0.1) is 0 Å². The Morgan fingerprint density at radius 1 is 1.31 bits per heavy atom. The smallest absolute Gasteiger partial charge is 0.242 e. The highest BCUT2D eigenvalue weighted by Gasteiger charge is 2.28. The number of nitrogens with one attached hydrogen (secondary N) is 1. The van der Waals surface area contributed by atoms with Crippen LogP contribution in [0.2, 0.25) is 5.02 Å². The maximum absolute atomic E-state index is 12.7. The van der Waals surface area contributed by atoms with Gasteiger partial charge in [-0.3, -0.25) is 9.59 Å². The lowest BCUT2D eigenvalue weighted by atomic mass is 10.1. The summed E-state index contributed by atoms with van der Waals surface area (Å²) in [6, 6.07) is 6.08. The molecule has 0 heterocycles. The molecule has 0 spiro atoms. The highest BCUT2D eigenvalue weighted by atomic mass is 35.5. The molecule has 0 saturated heterocycles. The van der Waals surface area contributed by atoms with E-state index in [9.17, 15) is 18.0 Å². The molecule has 1 aromatic carbocycles. The zero-order chi connectivity index (χ0) is 19.9. The number of carbonyl (C=O) groups excluding carboxylic acids is 2. The van der Waals surface area contributed by atoms with E-state index in [1.807, 2.05) is 0 Å². The number of rotatable bonds is 9. The van der Waals surface area contributed by atoms with Crippen LogP contribution < -0.4 is 5.32 Å². The summed E-state index contributed by atoms with van der Waals surface area (Å²) in [7, 11) is -2.20. The third-order valence-corrected chi connectivity index (χ3v) is 5.29. The monoisotopic (exact) mass is 401 g/mol. The summed E-state index contributed by atoms with van der Waals surface area (Å²) in [5.41, 5.74) is 0.771. The molecule has 0 aliphatic heterocycles. The molecular formula is C17H24ClN3O4S. The van der Waals surface area contributed by atoms with Gasteiger partial charge in [-0.2, -0.15) is 4.31 Å². The number of carbonyl (C=O) groups is 2. The zero-order valence-electron chi connectivity index (χ0n) is 15.1. The number of benzene rings is 1. The molecule has 1 atom stereocenters. The first-order chi connectivity index (χ1) is 12.1. The van der Waals surface area contributed by atoms with Crippen LogP contribution >= 0.6 is 11.6 Å². The Morgan fingerprint density at radius 2 is 1.88 bits per heavy atom. The van der Waals surface area contributed by atoms with E-state index in [4.69, 9.17) is 11.6 Å². The van der Waals surface area contributed by atoms with Gasteiger partial charge in [0.1, 0.15) is 6.04 Å². The lowest BCUT2D eigenvalue weighted by Crippen LogP contribution is -2.50. The number of likely N-dealkylation sites (N-methyl/N-ethyl adjacent to an activating group) is 1. The van der Waals surface area contributed by atoms with Gasteiger partial charge in [0.15, 0.2) is 0 Å². The molecule has 1 rings (SSSR count). The molecule has 0 fully saturated rings. The number of nitrogens with zero attached hydrogens (tertiary/aromatic N) is 2. The van der Waals surface area contributed by atoms with E-state index in [0.717, 1.165) is 16.1 Å². The van der Waals surface area contributed by atoms with Crippen molar-refractivity contribution < 1.29 is 18.0 Å². The van der Waals surface area contributed by atoms with Gasteiger partial charge in [-0.05, 0) is 24.6 Å². The number of hydrogen-bond acceptors (Lipinski definition) is 4. The van der Waals surface area contributed by atoms with Gasteiger partial charge >= 0.3 is 0 Å². The van der Waals surface area contributed by atoms with E-state index >= 15 is 0 Å². The lowest BCUT2D eigenvalue weighted by Gasteiger charge is -2.30. The van der Waals surface area contributed by atoms with Crippen LogP contribution in [0.15, 0.2) is 36.9 Å². The van der Waals surface area contributed by atoms with Crippen molar-refractivity contribution in [3.05, 3.63) is 47.5 Å². The quantitative estimate of drug-likeness (QED) is 0.631. The number of sulfonamides is 1. The third kappa shape index (κ3) is 6.78. The van der Waals surface area contributed by atoms with E-state index in [2.05, 4.69) is 11.9 Å². The van der Waals surface area contributed by atoms with Crippen LogP contribution in [0.25, 0.3) is 0 Å². The van der Waals surface area contributed by atoms with Crippen LogP contribution in [-0.4, -0.2) is 61.9 Å². The molecule has 0 saturated carbocycles. The predicted octanol–water partition coefficient (Wildman–Crippen LogP) is 1.25. The van der Waals surface area contributed by atoms with Crippen molar-refractivity contribution in [1.82, 2.24) is 14.5 Å². The summed E-state index contributed by atoms with van der Waals surface area (Å²) in [6.45, 7) is 5.19. The normalized spacial score (nSPS) is 12.5. The van der Waals surface area contributed by atoms with Gasteiger partial charge in [0.25, 0.3) is 0 Å². The fourth-order valence-electron chi connectivity index (χ4n) is 2.09. The van der Waals surface area contributed by atoms with E-state index in [1.165, 1.54) is 18.0 Å². The highest BCUT2D eigenvalue weighted by Crippen LogP contribution is 2.14. The SMILES string of the molecule is C=CCNC(=O)[C@H](C)N(Cc1ccc(Cl)cc1)C(=O)CN(C)S(C)(=O)=O. The molecule has 0 unspecified atom stereocenters. The van der Waals surface area contributed by atoms with E-state index in [1.54, 1.807) is 31.2 Å². The molecule has 1 N–H and O–H groups in total. The standard InChI is InChI=1S/C17H24ClN3O4S/c1-5-10-19-17(23)13(2)21(11-14-6-8-15(18)9-7-14)16(22)12-20(3)26(4,24)25/h5-9,13H,1,10-12H2,2-4H3,(H,19,23)/t13-/m0/s1. The Kier molecular flexibility index (Phi) is 8.26. The van der Waals surface area contributed by atoms with Crippen molar-refractivity contribution in [3.63, 3.8) is 0 Å². The Balaban J connectivity index is 3.03. The maximum atomic E-state index is 12.7. The van der Waals surface area contributed by atoms with E-state index < -0.39 is 22.0 Å². The van der Waals surface area contributed by atoms with Gasteiger partial charge in [-0.1, -0.05) is 29.8 Å². The third-order valence-electron chi connectivity index (χ3n) is 3.78. The largest absolute Gasteiger partial charge is 0.351 e. The maximum Gasteiger partial charge on any atom is 0.242 e. The molecule has 2 amide bonds. The van der Waals surface area contributed by atoms with Crippen molar-refractivity contribution >= 4 is 33.4 Å². The first-order valence-electron chi connectivity index (χ1n) is 7.90.